The predicted molar refractivity (Wildman–Crippen MR) is 65.2 cm³/mol. The van der Waals surface area contributed by atoms with Crippen LogP contribution in [0, 0.1) is 0 Å². The van der Waals surface area contributed by atoms with Gasteiger partial charge in [-0.05, 0) is 19.1 Å². The Morgan fingerprint density at radius 1 is 1.47 bits per heavy atom. The lowest BCUT2D eigenvalue weighted by atomic mass is 10.2. The minimum absolute atomic E-state index is 0.0603. The van der Waals surface area contributed by atoms with Gasteiger partial charge in [0.25, 0.3) is 0 Å². The average Bonchev–Trinajstić information content (AvgIpc) is 2.35. The number of hydrogen-bond donors (Lipinski definition) is 4. The van der Waals surface area contributed by atoms with Gasteiger partial charge in [-0.3, -0.25) is 9.78 Å². The van der Waals surface area contributed by atoms with E-state index in [-0.39, 0.29) is 12.1 Å². The number of amides is 3. The first-order valence-electron chi connectivity index (χ1n) is 5.42. The normalized spacial score (nSPS) is 11.4. The molecule has 19 heavy (non-hydrogen) atoms. The summed E-state index contributed by atoms with van der Waals surface area (Å²) in [7, 11) is 0. The second-order valence-corrected chi connectivity index (χ2v) is 3.79. The summed E-state index contributed by atoms with van der Waals surface area (Å²) >= 11 is 0. The van der Waals surface area contributed by atoms with Crippen LogP contribution < -0.4 is 16.4 Å². The Balaban J connectivity index is 2.57. The maximum absolute atomic E-state index is 11.5. The maximum atomic E-state index is 11.5. The van der Waals surface area contributed by atoms with Gasteiger partial charge in [-0.15, -0.1) is 0 Å². The first kappa shape index (κ1) is 14.4. The number of pyridine rings is 1. The SMILES string of the molecule is CC(NC(N)=O)C(=O)NCc1cc(C(=O)O)ccn1. The second-order valence-electron chi connectivity index (χ2n) is 3.79. The molecule has 0 saturated carbocycles. The van der Waals surface area contributed by atoms with E-state index in [1.54, 1.807) is 0 Å². The minimum atomic E-state index is -1.07. The highest BCUT2D eigenvalue weighted by Crippen LogP contribution is 2.01. The Bertz CT molecular complexity index is 503. The Hall–Kier alpha value is -2.64. The number of nitrogens with one attached hydrogen (secondary N) is 2. The lowest BCUT2D eigenvalue weighted by Crippen LogP contribution is -2.46. The van der Waals surface area contributed by atoms with Crippen LogP contribution in [-0.2, 0) is 11.3 Å². The van der Waals surface area contributed by atoms with E-state index in [2.05, 4.69) is 15.6 Å². The summed E-state index contributed by atoms with van der Waals surface area (Å²) in [6.07, 6.45) is 1.34. The largest absolute Gasteiger partial charge is 0.478 e. The molecule has 3 amide bonds. The average molecular weight is 266 g/mol. The van der Waals surface area contributed by atoms with Gasteiger partial charge < -0.3 is 21.5 Å². The van der Waals surface area contributed by atoms with Gasteiger partial charge in [0.2, 0.25) is 5.91 Å². The van der Waals surface area contributed by atoms with E-state index >= 15 is 0 Å². The van der Waals surface area contributed by atoms with Crippen molar-refractivity contribution in [2.45, 2.75) is 19.5 Å². The van der Waals surface area contributed by atoms with Crippen molar-refractivity contribution in [3.63, 3.8) is 0 Å². The Morgan fingerprint density at radius 3 is 2.74 bits per heavy atom. The molecule has 5 N–H and O–H groups in total. The number of rotatable bonds is 5. The summed E-state index contributed by atoms with van der Waals surface area (Å²) in [4.78, 5) is 36.8. The third-order valence-electron chi connectivity index (χ3n) is 2.26. The summed E-state index contributed by atoms with van der Waals surface area (Å²) in [6, 6.07) is 1.13. The van der Waals surface area contributed by atoms with Crippen molar-refractivity contribution < 1.29 is 19.5 Å². The Labute approximate surface area is 109 Å². The van der Waals surface area contributed by atoms with Crippen molar-refractivity contribution in [2.75, 3.05) is 0 Å². The molecule has 0 saturated heterocycles. The van der Waals surface area contributed by atoms with E-state index in [9.17, 15) is 14.4 Å². The van der Waals surface area contributed by atoms with E-state index in [1.165, 1.54) is 25.3 Å². The molecular weight excluding hydrogens is 252 g/mol. The van der Waals surface area contributed by atoms with Crippen LogP contribution in [0.5, 0.6) is 0 Å². The number of primary amides is 1. The molecule has 8 nitrogen and oxygen atoms in total. The van der Waals surface area contributed by atoms with Crippen LogP contribution >= 0.6 is 0 Å². The van der Waals surface area contributed by atoms with Crippen molar-refractivity contribution in [3.05, 3.63) is 29.6 Å². The number of carboxylic acids is 1. The molecule has 0 fully saturated rings. The van der Waals surface area contributed by atoms with Crippen molar-refractivity contribution in [1.82, 2.24) is 15.6 Å². The highest BCUT2D eigenvalue weighted by molar-refractivity contribution is 5.88. The van der Waals surface area contributed by atoms with E-state index in [1.807, 2.05) is 0 Å². The fourth-order valence-corrected chi connectivity index (χ4v) is 1.32. The van der Waals surface area contributed by atoms with Gasteiger partial charge in [0.15, 0.2) is 0 Å². The summed E-state index contributed by atoms with van der Waals surface area (Å²) in [5.41, 5.74) is 5.37. The van der Waals surface area contributed by atoms with Crippen LogP contribution in [0.1, 0.15) is 23.0 Å². The smallest absolute Gasteiger partial charge is 0.335 e. The van der Waals surface area contributed by atoms with Gasteiger partial charge in [-0.2, -0.15) is 0 Å². The van der Waals surface area contributed by atoms with Crippen molar-refractivity contribution in [3.8, 4) is 0 Å². The second kappa shape index (κ2) is 6.34. The number of aromatic nitrogens is 1. The molecular formula is C11H14N4O4. The fourth-order valence-electron chi connectivity index (χ4n) is 1.32. The highest BCUT2D eigenvalue weighted by Gasteiger charge is 2.13. The van der Waals surface area contributed by atoms with E-state index in [4.69, 9.17) is 10.8 Å². The first-order chi connectivity index (χ1) is 8.90. The number of nitrogens with two attached hydrogens (primary N) is 1. The molecule has 0 spiro atoms. The molecule has 1 unspecified atom stereocenters. The van der Waals surface area contributed by atoms with Crippen molar-refractivity contribution >= 4 is 17.9 Å². The lowest BCUT2D eigenvalue weighted by Gasteiger charge is -2.12. The molecule has 0 aromatic carbocycles. The van der Waals surface area contributed by atoms with Gasteiger partial charge in [-0.25, -0.2) is 9.59 Å². The Morgan fingerprint density at radius 2 is 2.16 bits per heavy atom. The van der Waals surface area contributed by atoms with Crippen molar-refractivity contribution in [2.24, 2.45) is 5.73 Å². The Kier molecular flexibility index (Phi) is 4.81. The zero-order chi connectivity index (χ0) is 14.4. The van der Waals surface area contributed by atoms with Gasteiger partial charge in [0.05, 0.1) is 17.8 Å². The van der Waals surface area contributed by atoms with Gasteiger partial charge in [0, 0.05) is 6.20 Å². The molecule has 1 aromatic heterocycles. The summed E-state index contributed by atoms with van der Waals surface area (Å²) in [6.45, 7) is 1.53. The maximum Gasteiger partial charge on any atom is 0.335 e. The number of carboxylic acid groups (broad SMARTS) is 1. The van der Waals surface area contributed by atoms with Crippen molar-refractivity contribution in [1.29, 1.82) is 0 Å². The molecule has 0 radical (unpaired) electrons. The van der Waals surface area contributed by atoms with E-state index in [0.717, 1.165) is 0 Å². The monoisotopic (exact) mass is 266 g/mol. The zero-order valence-corrected chi connectivity index (χ0v) is 10.2. The molecule has 1 heterocycles. The minimum Gasteiger partial charge on any atom is -0.478 e. The zero-order valence-electron chi connectivity index (χ0n) is 10.2. The number of urea groups is 1. The number of aromatic carboxylic acids is 1. The number of carbonyl (C=O) groups excluding carboxylic acids is 2. The number of hydrogen-bond acceptors (Lipinski definition) is 4. The van der Waals surface area contributed by atoms with Gasteiger partial charge in [-0.1, -0.05) is 0 Å². The molecule has 0 aliphatic heterocycles. The van der Waals surface area contributed by atoms with Crippen LogP contribution in [-0.4, -0.2) is 34.0 Å². The molecule has 0 aliphatic carbocycles. The molecule has 0 aliphatic rings. The van der Waals surface area contributed by atoms with Crippen LogP contribution in [0.3, 0.4) is 0 Å². The van der Waals surface area contributed by atoms with Crippen LogP contribution in [0.15, 0.2) is 18.3 Å². The summed E-state index contributed by atoms with van der Waals surface area (Å²) < 4.78 is 0. The molecule has 8 heteroatoms. The highest BCUT2D eigenvalue weighted by atomic mass is 16.4. The van der Waals surface area contributed by atoms with Gasteiger partial charge >= 0.3 is 12.0 Å². The topological polar surface area (TPSA) is 134 Å². The third kappa shape index (κ3) is 4.62. The number of carbonyl (C=O) groups is 3. The standard InChI is InChI=1S/C11H14N4O4/c1-6(15-11(12)19)9(16)14-5-8-4-7(10(17)18)2-3-13-8/h2-4,6H,5H2,1H3,(H,14,16)(H,17,18)(H3,12,15,19). The molecule has 1 aromatic rings. The summed E-state index contributed by atoms with van der Waals surface area (Å²) in [5, 5.41) is 13.5. The quantitative estimate of drug-likeness (QED) is 0.567. The number of nitrogens with zero attached hydrogens (tertiary/aromatic N) is 1. The van der Waals surface area contributed by atoms with E-state index in [0.29, 0.717) is 5.69 Å². The third-order valence-corrected chi connectivity index (χ3v) is 2.26. The van der Waals surface area contributed by atoms with Crippen LogP contribution in [0.4, 0.5) is 4.79 Å². The predicted octanol–water partition coefficient (Wildman–Crippen LogP) is -0.547. The molecule has 0 bridgehead atoms. The first-order valence-corrected chi connectivity index (χ1v) is 5.42. The lowest BCUT2D eigenvalue weighted by molar-refractivity contribution is -0.122. The van der Waals surface area contributed by atoms with Gasteiger partial charge in [0.1, 0.15) is 6.04 Å². The van der Waals surface area contributed by atoms with Crippen LogP contribution in [0.25, 0.3) is 0 Å². The fraction of sp³-hybridized carbons (Fsp3) is 0.273. The molecule has 1 rings (SSSR count). The summed E-state index contributed by atoms with van der Waals surface area (Å²) in [5.74, 6) is -1.51. The van der Waals surface area contributed by atoms with Crippen LogP contribution in [0.2, 0.25) is 0 Å². The molecule has 1 atom stereocenters. The van der Waals surface area contributed by atoms with E-state index < -0.39 is 23.9 Å². The molecule has 102 valence electrons.